The molecular weight excluding hydrogens is 378 g/mol. The Morgan fingerprint density at radius 3 is 2.29 bits per heavy atom. The Morgan fingerprint density at radius 2 is 1.64 bits per heavy atom. The van der Waals surface area contributed by atoms with Crippen LogP contribution in [0.1, 0.15) is 16.7 Å². The van der Waals surface area contributed by atoms with E-state index in [1.54, 1.807) is 18.2 Å². The van der Waals surface area contributed by atoms with E-state index >= 15 is 0 Å². The summed E-state index contributed by atoms with van der Waals surface area (Å²) in [4.78, 5) is 23.9. The molecule has 8 heteroatoms. The summed E-state index contributed by atoms with van der Waals surface area (Å²) in [5, 5.41) is 0. The third-order valence-electron chi connectivity index (χ3n) is 4.02. The number of nitrogens with zero attached hydrogens (tertiary/aromatic N) is 1. The monoisotopic (exact) mass is 401 g/mol. The number of likely N-dealkylation sites (N-methyl/N-ethyl adjacent to an activating group) is 1. The molecule has 0 bridgehead atoms. The Kier molecular flexibility index (Phi) is 7.08. The first-order valence-corrected chi connectivity index (χ1v) is 9.99. The number of hydrogen-bond acceptors (Lipinski definition) is 4. The van der Waals surface area contributed by atoms with E-state index in [1.807, 2.05) is 38.1 Å². The van der Waals surface area contributed by atoms with Crippen molar-refractivity contribution in [2.45, 2.75) is 18.7 Å². The largest absolute Gasteiger partial charge is 0.272 e. The van der Waals surface area contributed by atoms with Crippen molar-refractivity contribution in [2.24, 2.45) is 0 Å². The number of carbonyl (C=O) groups is 2. The van der Waals surface area contributed by atoms with Gasteiger partial charge < -0.3 is 0 Å². The molecule has 2 rings (SSSR count). The zero-order valence-corrected chi connectivity index (χ0v) is 16.8. The van der Waals surface area contributed by atoms with Crippen molar-refractivity contribution in [3.8, 4) is 0 Å². The lowest BCUT2D eigenvalue weighted by Gasteiger charge is -2.17. The van der Waals surface area contributed by atoms with Gasteiger partial charge in [0.1, 0.15) is 0 Å². The number of nitrogens with one attached hydrogen (secondary N) is 2. The van der Waals surface area contributed by atoms with Crippen LogP contribution in [0.2, 0.25) is 0 Å². The van der Waals surface area contributed by atoms with E-state index in [0.717, 1.165) is 21.0 Å². The van der Waals surface area contributed by atoms with Gasteiger partial charge in [0.25, 0.3) is 11.8 Å². The van der Waals surface area contributed by atoms with Crippen molar-refractivity contribution >= 4 is 27.9 Å². The van der Waals surface area contributed by atoms with Crippen molar-refractivity contribution in [3.05, 3.63) is 71.3 Å². The van der Waals surface area contributed by atoms with Crippen LogP contribution < -0.4 is 10.9 Å². The molecule has 0 aromatic heterocycles. The third kappa shape index (κ3) is 5.77. The highest BCUT2D eigenvalue weighted by atomic mass is 32.2. The molecule has 2 amide bonds. The van der Waals surface area contributed by atoms with Gasteiger partial charge in [-0.1, -0.05) is 42.0 Å². The number of carbonyl (C=O) groups excluding carboxylic acids is 2. The van der Waals surface area contributed by atoms with E-state index < -0.39 is 28.4 Å². The summed E-state index contributed by atoms with van der Waals surface area (Å²) in [5.74, 6) is -1.18. The minimum absolute atomic E-state index is 0.0959. The van der Waals surface area contributed by atoms with Crippen molar-refractivity contribution in [2.75, 3.05) is 13.6 Å². The van der Waals surface area contributed by atoms with Gasteiger partial charge in [0.05, 0.1) is 11.4 Å². The molecule has 0 fully saturated rings. The molecule has 0 heterocycles. The molecule has 0 spiro atoms. The van der Waals surface area contributed by atoms with E-state index in [-0.39, 0.29) is 4.90 Å². The molecule has 7 nitrogen and oxygen atoms in total. The summed E-state index contributed by atoms with van der Waals surface area (Å²) >= 11 is 0. The molecule has 0 aliphatic carbocycles. The lowest BCUT2D eigenvalue weighted by molar-refractivity contribution is -0.126. The molecule has 0 saturated carbocycles. The van der Waals surface area contributed by atoms with Crippen LogP contribution in [-0.4, -0.2) is 38.1 Å². The zero-order valence-electron chi connectivity index (χ0n) is 16.0. The molecule has 0 unspecified atom stereocenters. The van der Waals surface area contributed by atoms with Crippen LogP contribution in [-0.2, 0) is 19.6 Å². The number of hydrogen-bond donors (Lipinski definition) is 2. The van der Waals surface area contributed by atoms with E-state index in [2.05, 4.69) is 10.9 Å². The van der Waals surface area contributed by atoms with Crippen molar-refractivity contribution < 1.29 is 18.0 Å². The summed E-state index contributed by atoms with van der Waals surface area (Å²) in [6.07, 6.45) is 2.92. The molecule has 148 valence electrons. The number of amides is 2. The van der Waals surface area contributed by atoms with Crippen LogP contribution in [0.15, 0.2) is 59.5 Å². The fourth-order valence-electron chi connectivity index (χ4n) is 2.33. The van der Waals surface area contributed by atoms with Crippen LogP contribution in [0.25, 0.3) is 6.08 Å². The fraction of sp³-hybridized carbons (Fsp3) is 0.200. The molecule has 2 N–H and O–H groups in total. The number of sulfonamides is 1. The second-order valence-corrected chi connectivity index (χ2v) is 8.35. The number of hydrazine groups is 1. The van der Waals surface area contributed by atoms with E-state index in [4.69, 9.17) is 0 Å². The van der Waals surface area contributed by atoms with Gasteiger partial charge in [0, 0.05) is 13.1 Å². The standard InChI is InChI=1S/C20H23N3O4S/c1-15-8-11-18(12-9-15)28(26,27)23(3)14-20(25)22-21-19(24)13-10-17-7-5-4-6-16(17)2/h4-13H,14H2,1-3H3,(H,21,24)(H,22,25)/b13-10+. The van der Waals surface area contributed by atoms with Crippen LogP contribution in [0, 0.1) is 13.8 Å². The van der Waals surface area contributed by atoms with Crippen LogP contribution >= 0.6 is 0 Å². The van der Waals surface area contributed by atoms with Gasteiger partial charge in [-0.2, -0.15) is 4.31 Å². The van der Waals surface area contributed by atoms with Gasteiger partial charge in [-0.15, -0.1) is 0 Å². The molecule has 2 aromatic rings. The molecule has 28 heavy (non-hydrogen) atoms. The second-order valence-electron chi connectivity index (χ2n) is 6.30. The quantitative estimate of drug-likeness (QED) is 0.570. The van der Waals surface area contributed by atoms with E-state index in [0.29, 0.717) is 0 Å². The summed E-state index contributed by atoms with van der Waals surface area (Å²) in [6.45, 7) is 3.34. The Morgan fingerprint density at radius 1 is 1.00 bits per heavy atom. The number of rotatable bonds is 6. The first kappa shape index (κ1) is 21.3. The summed E-state index contributed by atoms with van der Waals surface area (Å²) < 4.78 is 25.8. The maximum Gasteiger partial charge on any atom is 0.262 e. The van der Waals surface area contributed by atoms with Gasteiger partial charge >= 0.3 is 0 Å². The average Bonchev–Trinajstić information content (AvgIpc) is 2.66. The molecule has 0 aliphatic heterocycles. The second kappa shape index (κ2) is 9.29. The van der Waals surface area contributed by atoms with Crippen LogP contribution in [0.5, 0.6) is 0 Å². The lowest BCUT2D eigenvalue weighted by Crippen LogP contribution is -2.46. The zero-order chi connectivity index (χ0) is 20.7. The highest BCUT2D eigenvalue weighted by molar-refractivity contribution is 7.89. The number of benzene rings is 2. The first-order chi connectivity index (χ1) is 13.2. The van der Waals surface area contributed by atoms with Gasteiger partial charge in [0.2, 0.25) is 10.0 Å². The summed E-state index contributed by atoms with van der Waals surface area (Å²) in [5.41, 5.74) is 7.26. The molecule has 0 radical (unpaired) electrons. The molecule has 0 saturated heterocycles. The molecule has 0 aliphatic rings. The van der Waals surface area contributed by atoms with Gasteiger partial charge in [-0.3, -0.25) is 20.4 Å². The molecule has 0 atom stereocenters. The van der Waals surface area contributed by atoms with Crippen molar-refractivity contribution in [3.63, 3.8) is 0 Å². The Labute approximate surface area is 165 Å². The lowest BCUT2D eigenvalue weighted by atomic mass is 10.1. The van der Waals surface area contributed by atoms with E-state index in [1.165, 1.54) is 25.3 Å². The average molecular weight is 401 g/mol. The molecular formula is C20H23N3O4S. The SMILES string of the molecule is Cc1ccc(S(=O)(=O)N(C)CC(=O)NNC(=O)/C=C/c2ccccc2C)cc1. The van der Waals surface area contributed by atoms with Gasteiger partial charge in [0.15, 0.2) is 0 Å². The summed E-state index contributed by atoms with van der Waals surface area (Å²) in [7, 11) is -2.49. The van der Waals surface area contributed by atoms with Crippen LogP contribution in [0.3, 0.4) is 0 Å². The Bertz CT molecular complexity index is 983. The predicted octanol–water partition coefficient (Wildman–Crippen LogP) is 1.78. The van der Waals surface area contributed by atoms with Gasteiger partial charge in [-0.05, 0) is 43.2 Å². The minimum Gasteiger partial charge on any atom is -0.272 e. The van der Waals surface area contributed by atoms with E-state index in [9.17, 15) is 18.0 Å². The Hall–Kier alpha value is -2.97. The highest BCUT2D eigenvalue weighted by Crippen LogP contribution is 2.14. The summed E-state index contributed by atoms with van der Waals surface area (Å²) in [6, 6.07) is 13.9. The maximum absolute atomic E-state index is 12.5. The van der Waals surface area contributed by atoms with Crippen molar-refractivity contribution in [1.29, 1.82) is 0 Å². The highest BCUT2D eigenvalue weighted by Gasteiger charge is 2.22. The van der Waals surface area contributed by atoms with Crippen molar-refractivity contribution in [1.82, 2.24) is 15.2 Å². The minimum atomic E-state index is -3.79. The Balaban J connectivity index is 1.88. The predicted molar refractivity (Wildman–Crippen MR) is 107 cm³/mol. The normalized spacial score (nSPS) is 11.6. The topological polar surface area (TPSA) is 95.6 Å². The fourth-order valence-corrected chi connectivity index (χ4v) is 3.46. The third-order valence-corrected chi connectivity index (χ3v) is 5.84. The maximum atomic E-state index is 12.5. The van der Waals surface area contributed by atoms with Gasteiger partial charge in [-0.25, -0.2) is 8.42 Å². The molecule has 2 aromatic carbocycles. The van der Waals surface area contributed by atoms with Crippen LogP contribution in [0.4, 0.5) is 0 Å². The smallest absolute Gasteiger partial charge is 0.262 e. The first-order valence-electron chi connectivity index (χ1n) is 8.55. The number of aryl methyl sites for hydroxylation is 2.